The first-order chi connectivity index (χ1) is 25.1. The van der Waals surface area contributed by atoms with Gasteiger partial charge in [0.1, 0.15) is 11.5 Å². The fourth-order valence-electron chi connectivity index (χ4n) is 8.41. The Hall–Kier alpha value is -6.39. The van der Waals surface area contributed by atoms with Crippen LogP contribution in [0.25, 0.3) is 45.0 Å². The molecule has 3 heterocycles. The monoisotopic (exact) mass is 655 g/mol. The predicted molar refractivity (Wildman–Crippen MR) is 203 cm³/mol. The summed E-state index contributed by atoms with van der Waals surface area (Å²) in [5.74, 6) is 2.49. The minimum atomic E-state index is -0.469. The summed E-state index contributed by atoms with van der Waals surface area (Å²) in [5.41, 5.74) is 12.5. The van der Waals surface area contributed by atoms with Crippen LogP contribution >= 0.6 is 0 Å². The van der Waals surface area contributed by atoms with Crippen LogP contribution < -0.4 is 4.74 Å². The molecule has 2 aliphatic carbocycles. The summed E-state index contributed by atoms with van der Waals surface area (Å²) < 4.78 is 6.71. The number of aromatic nitrogens is 3. The Morgan fingerprint density at radius 2 is 1.14 bits per heavy atom. The van der Waals surface area contributed by atoms with Crippen LogP contribution in [-0.4, -0.2) is 15.0 Å². The minimum absolute atomic E-state index is 0.381. The molecule has 51 heavy (non-hydrogen) atoms. The van der Waals surface area contributed by atoms with Crippen molar-refractivity contribution >= 4 is 0 Å². The van der Waals surface area contributed by atoms with E-state index < -0.39 is 5.41 Å². The molecular weight excluding hydrogens is 623 g/mol. The Morgan fingerprint density at radius 3 is 1.75 bits per heavy atom. The number of rotatable bonds is 4. The minimum Gasteiger partial charge on any atom is -0.457 e. The highest BCUT2D eigenvalue weighted by Crippen LogP contribution is 2.63. The molecule has 0 bridgehead atoms. The molecule has 2 aromatic heterocycles. The van der Waals surface area contributed by atoms with Crippen molar-refractivity contribution in [2.45, 2.75) is 24.2 Å². The highest BCUT2D eigenvalue weighted by Gasteiger charge is 2.54. The first kappa shape index (κ1) is 29.5. The zero-order valence-corrected chi connectivity index (χ0v) is 28.1. The van der Waals surface area contributed by atoms with Gasteiger partial charge in [0, 0.05) is 33.9 Å². The molecule has 4 heteroatoms. The average molecular weight is 656 g/mol. The van der Waals surface area contributed by atoms with E-state index in [0.29, 0.717) is 5.82 Å². The van der Waals surface area contributed by atoms with Gasteiger partial charge in [-0.15, -0.1) is 0 Å². The molecule has 3 aliphatic rings. The molecule has 10 rings (SSSR count). The van der Waals surface area contributed by atoms with Gasteiger partial charge in [-0.25, -0.2) is 9.97 Å². The molecule has 1 atom stereocenters. The number of fused-ring (bicyclic) bond motifs is 8. The number of allylic oxidation sites excluding steroid dienone is 3. The van der Waals surface area contributed by atoms with Crippen LogP contribution in [0.3, 0.4) is 0 Å². The molecule has 7 aromatic rings. The number of para-hydroxylation sites is 1. The third-order valence-corrected chi connectivity index (χ3v) is 10.8. The molecule has 1 spiro atoms. The summed E-state index contributed by atoms with van der Waals surface area (Å²) >= 11 is 0. The number of pyridine rings is 1. The summed E-state index contributed by atoms with van der Waals surface area (Å²) in [5, 5.41) is 0. The lowest BCUT2D eigenvalue weighted by Crippen LogP contribution is -2.39. The van der Waals surface area contributed by atoms with E-state index in [4.69, 9.17) is 19.7 Å². The lowest BCUT2D eigenvalue weighted by molar-refractivity contribution is 0.370. The Balaban J connectivity index is 1.07. The maximum absolute atomic E-state index is 6.71. The van der Waals surface area contributed by atoms with Gasteiger partial charge in [-0.2, -0.15) is 0 Å². The molecule has 242 valence electrons. The second-order valence-corrected chi connectivity index (χ2v) is 13.8. The molecule has 4 nitrogen and oxygen atoms in total. The van der Waals surface area contributed by atoms with Gasteiger partial charge in [-0.3, -0.25) is 4.98 Å². The second kappa shape index (κ2) is 11.3. The standard InChI is InChI=1S/C47H33N3O/c1-46(44-25-24-33(30-48-44)45-49-40(31-14-4-2-5-15-31)28-41(50-45)32-16-6-3-7-17-32)27-26-43-39(29-46)47(38-22-12-13-23-42(38)51-43)36-20-10-8-18-34(36)35-19-9-11-21-37(35)47/h2-28,30H,29H2,1H3. The highest BCUT2D eigenvalue weighted by molar-refractivity contribution is 5.87. The van der Waals surface area contributed by atoms with Crippen molar-refractivity contribution in [1.82, 2.24) is 15.0 Å². The van der Waals surface area contributed by atoms with Gasteiger partial charge in [0.05, 0.1) is 22.5 Å². The maximum Gasteiger partial charge on any atom is 0.161 e. The van der Waals surface area contributed by atoms with Gasteiger partial charge >= 0.3 is 0 Å². The summed E-state index contributed by atoms with van der Waals surface area (Å²) in [4.78, 5) is 15.2. The van der Waals surface area contributed by atoms with Gasteiger partial charge in [-0.05, 0) is 64.6 Å². The molecule has 0 fully saturated rings. The van der Waals surface area contributed by atoms with Crippen molar-refractivity contribution in [3.8, 4) is 50.8 Å². The first-order valence-corrected chi connectivity index (χ1v) is 17.5. The summed E-state index contributed by atoms with van der Waals surface area (Å²) in [6.45, 7) is 2.29. The SMILES string of the molecule is CC1(c2ccc(-c3nc(-c4ccccc4)cc(-c4ccccc4)n3)cn2)C=CC2=C(C1)C1(c3ccccc3O2)c2ccccc2-c2ccccc21. The van der Waals surface area contributed by atoms with E-state index in [1.807, 2.05) is 42.6 Å². The van der Waals surface area contributed by atoms with Crippen LogP contribution in [0.15, 0.2) is 181 Å². The second-order valence-electron chi connectivity index (χ2n) is 13.8. The zero-order valence-electron chi connectivity index (χ0n) is 28.1. The van der Waals surface area contributed by atoms with Crippen molar-refractivity contribution in [2.24, 2.45) is 0 Å². The highest BCUT2D eigenvalue weighted by atomic mass is 16.5. The Morgan fingerprint density at radius 1 is 0.569 bits per heavy atom. The number of ether oxygens (including phenoxy) is 1. The molecule has 0 saturated carbocycles. The zero-order chi connectivity index (χ0) is 34.0. The number of nitrogens with zero attached hydrogens (tertiary/aromatic N) is 3. The van der Waals surface area contributed by atoms with Crippen LogP contribution in [-0.2, 0) is 10.8 Å². The van der Waals surface area contributed by atoms with Gasteiger partial charge in [-0.1, -0.05) is 140 Å². The van der Waals surface area contributed by atoms with E-state index in [-0.39, 0.29) is 5.41 Å². The number of hydrogen-bond acceptors (Lipinski definition) is 4. The molecule has 0 saturated heterocycles. The Labute approximate surface area is 297 Å². The van der Waals surface area contributed by atoms with Crippen LogP contribution in [0, 0.1) is 0 Å². The van der Waals surface area contributed by atoms with Crippen molar-refractivity contribution in [2.75, 3.05) is 0 Å². The van der Waals surface area contributed by atoms with Gasteiger partial charge in [0.2, 0.25) is 0 Å². The summed E-state index contributed by atoms with van der Waals surface area (Å²) in [6.07, 6.45) is 7.12. The molecule has 0 N–H and O–H groups in total. The number of hydrogen-bond donors (Lipinski definition) is 0. The smallest absolute Gasteiger partial charge is 0.161 e. The quantitative estimate of drug-likeness (QED) is 0.189. The van der Waals surface area contributed by atoms with E-state index in [1.165, 1.54) is 33.4 Å². The Kier molecular flexibility index (Phi) is 6.56. The van der Waals surface area contributed by atoms with Crippen LogP contribution in [0.4, 0.5) is 0 Å². The fraction of sp³-hybridized carbons (Fsp3) is 0.0851. The molecule has 0 amide bonds. The molecule has 1 aliphatic heterocycles. The molecule has 0 radical (unpaired) electrons. The van der Waals surface area contributed by atoms with Gasteiger partial charge < -0.3 is 4.74 Å². The number of benzene rings is 5. The first-order valence-electron chi connectivity index (χ1n) is 17.5. The van der Waals surface area contributed by atoms with E-state index in [0.717, 1.165) is 51.7 Å². The van der Waals surface area contributed by atoms with Gasteiger partial charge in [0.15, 0.2) is 5.82 Å². The van der Waals surface area contributed by atoms with Crippen molar-refractivity contribution < 1.29 is 4.74 Å². The van der Waals surface area contributed by atoms with Crippen LogP contribution in [0.2, 0.25) is 0 Å². The predicted octanol–water partition coefficient (Wildman–Crippen LogP) is 10.8. The van der Waals surface area contributed by atoms with Crippen LogP contribution in [0.1, 0.15) is 35.7 Å². The van der Waals surface area contributed by atoms with Crippen molar-refractivity contribution in [3.63, 3.8) is 0 Å². The lowest BCUT2D eigenvalue weighted by atomic mass is 9.60. The van der Waals surface area contributed by atoms with E-state index in [2.05, 4.69) is 134 Å². The normalized spacial score (nSPS) is 17.7. The molecule has 5 aromatic carbocycles. The summed E-state index contributed by atoms with van der Waals surface area (Å²) in [6, 6.07) is 53.2. The van der Waals surface area contributed by atoms with E-state index in [9.17, 15) is 0 Å². The van der Waals surface area contributed by atoms with E-state index in [1.54, 1.807) is 0 Å². The Bertz CT molecular complexity index is 2430. The largest absolute Gasteiger partial charge is 0.457 e. The van der Waals surface area contributed by atoms with Gasteiger partial charge in [0.25, 0.3) is 0 Å². The van der Waals surface area contributed by atoms with Crippen molar-refractivity contribution in [1.29, 1.82) is 0 Å². The lowest BCUT2D eigenvalue weighted by Gasteiger charge is -2.45. The third-order valence-electron chi connectivity index (χ3n) is 10.8. The van der Waals surface area contributed by atoms with Crippen molar-refractivity contribution in [3.05, 3.63) is 204 Å². The summed E-state index contributed by atoms with van der Waals surface area (Å²) in [7, 11) is 0. The molecular formula is C47H33N3O. The van der Waals surface area contributed by atoms with E-state index >= 15 is 0 Å². The molecule has 1 unspecified atom stereocenters. The third kappa shape index (κ3) is 4.49. The topological polar surface area (TPSA) is 47.9 Å². The maximum atomic E-state index is 6.71. The van der Waals surface area contributed by atoms with Crippen LogP contribution in [0.5, 0.6) is 5.75 Å². The average Bonchev–Trinajstić information content (AvgIpc) is 3.50. The fourth-order valence-corrected chi connectivity index (χ4v) is 8.41.